The van der Waals surface area contributed by atoms with Crippen molar-refractivity contribution in [1.82, 2.24) is 4.57 Å². The van der Waals surface area contributed by atoms with E-state index in [9.17, 15) is 4.79 Å². The second-order valence-electron chi connectivity index (χ2n) is 10.7. The summed E-state index contributed by atoms with van der Waals surface area (Å²) < 4.78 is 15.5. The first kappa shape index (κ1) is 28.8. The van der Waals surface area contributed by atoms with Gasteiger partial charge in [-0.3, -0.25) is 9.36 Å². The van der Waals surface area contributed by atoms with E-state index in [1.54, 1.807) is 0 Å². The molecule has 8 heteroatoms. The van der Waals surface area contributed by atoms with Gasteiger partial charge in [0.2, 0.25) is 0 Å². The fraction of sp³-hybridized carbons (Fsp3) is 0.167. The molecule has 0 N–H and O–H groups in total. The van der Waals surface area contributed by atoms with Gasteiger partial charge in [-0.15, -0.1) is 0 Å². The highest BCUT2D eigenvalue weighted by Crippen LogP contribution is 2.41. The lowest BCUT2D eigenvalue weighted by Crippen LogP contribution is -2.38. The molecular weight excluding hydrogens is 656 g/mol. The third-order valence-electron chi connectivity index (χ3n) is 7.93. The smallest absolute Gasteiger partial charge is 0.271 e. The topological polar surface area (TPSA) is 52.8 Å². The Morgan fingerprint density at radius 1 is 0.977 bits per heavy atom. The van der Waals surface area contributed by atoms with E-state index >= 15 is 0 Å². The summed E-state index contributed by atoms with van der Waals surface area (Å²) in [7, 11) is 0. The highest BCUT2D eigenvalue weighted by molar-refractivity contribution is 9.10. The van der Waals surface area contributed by atoms with Crippen molar-refractivity contribution in [3.63, 3.8) is 0 Å². The Balaban J connectivity index is 1.30. The molecule has 5 nitrogen and oxygen atoms in total. The van der Waals surface area contributed by atoms with Crippen molar-refractivity contribution in [2.45, 2.75) is 32.4 Å². The molecule has 0 bridgehead atoms. The fourth-order valence-corrected chi connectivity index (χ4v) is 7.25. The Labute approximate surface area is 272 Å². The predicted octanol–water partition coefficient (Wildman–Crippen LogP) is 7.71. The third kappa shape index (κ3) is 5.56. The van der Waals surface area contributed by atoms with Crippen LogP contribution in [0.2, 0.25) is 5.02 Å². The van der Waals surface area contributed by atoms with Crippen LogP contribution in [0.15, 0.2) is 111 Å². The molecule has 220 valence electrons. The lowest BCUT2D eigenvalue weighted by molar-refractivity contribution is 0.269. The molecule has 0 radical (unpaired) electrons. The number of fused-ring (bicyclic) bond motifs is 3. The van der Waals surface area contributed by atoms with Crippen LogP contribution >= 0.6 is 38.9 Å². The first-order valence-electron chi connectivity index (χ1n) is 14.5. The van der Waals surface area contributed by atoms with Crippen molar-refractivity contribution in [2.24, 2.45) is 4.99 Å². The van der Waals surface area contributed by atoms with E-state index in [1.165, 1.54) is 22.5 Å². The summed E-state index contributed by atoms with van der Waals surface area (Å²) >= 11 is 11.0. The van der Waals surface area contributed by atoms with E-state index in [1.807, 2.05) is 72.2 Å². The van der Waals surface area contributed by atoms with Crippen LogP contribution in [0, 0.1) is 0 Å². The van der Waals surface area contributed by atoms with Crippen molar-refractivity contribution >= 4 is 50.6 Å². The second-order valence-corrected chi connectivity index (χ2v) is 13.1. The minimum Gasteiger partial charge on any atom is -0.490 e. The maximum atomic E-state index is 14.1. The molecule has 1 aromatic heterocycles. The molecule has 1 aliphatic carbocycles. The summed E-state index contributed by atoms with van der Waals surface area (Å²) in [6, 6.07) is 29.9. The van der Waals surface area contributed by atoms with E-state index < -0.39 is 0 Å². The van der Waals surface area contributed by atoms with Gasteiger partial charge in [-0.1, -0.05) is 93.5 Å². The molecular formula is C36H28BrClN2O3S. The number of rotatable bonds is 7. The van der Waals surface area contributed by atoms with Crippen LogP contribution < -0.4 is 24.4 Å². The monoisotopic (exact) mass is 682 g/mol. The van der Waals surface area contributed by atoms with Gasteiger partial charge in [-0.2, -0.15) is 0 Å². The zero-order valence-electron chi connectivity index (χ0n) is 23.9. The maximum absolute atomic E-state index is 14.1. The number of ether oxygens (including phenoxy) is 2. The molecule has 44 heavy (non-hydrogen) atoms. The fourth-order valence-electron chi connectivity index (χ4n) is 5.86. The van der Waals surface area contributed by atoms with Crippen LogP contribution in [-0.4, -0.2) is 11.2 Å². The number of thiazole rings is 1. The Kier molecular flexibility index (Phi) is 8.02. The highest BCUT2D eigenvalue weighted by Gasteiger charge is 2.32. The quantitative estimate of drug-likeness (QED) is 0.177. The van der Waals surface area contributed by atoms with Crippen LogP contribution in [-0.2, 0) is 13.0 Å². The first-order chi connectivity index (χ1) is 21.5. The van der Waals surface area contributed by atoms with Gasteiger partial charge >= 0.3 is 0 Å². The summed E-state index contributed by atoms with van der Waals surface area (Å²) in [5.74, 6) is 1.27. The molecule has 0 saturated heterocycles. The van der Waals surface area contributed by atoms with Crippen LogP contribution in [0.1, 0.15) is 47.2 Å². The molecule has 7 rings (SSSR count). The predicted molar refractivity (Wildman–Crippen MR) is 180 cm³/mol. The second kappa shape index (κ2) is 12.2. The van der Waals surface area contributed by atoms with Crippen molar-refractivity contribution in [1.29, 1.82) is 0 Å². The van der Waals surface area contributed by atoms with Crippen molar-refractivity contribution in [2.75, 3.05) is 6.61 Å². The standard InChI is InChI=1S/C36H28BrClN2O3S/c1-2-42-31-19-23(9-18-30(31)43-21-22-7-15-27(38)16-8-22)20-32-35(41)40-34(25-10-13-26(37)14-11-25)29-17-12-24-5-3-4-6-28(24)33(29)39-36(40)44-32/h3-11,13-16,18-20,34H,2,12,17,21H2,1H3/b32-20-/t34-/m0/s1. The van der Waals surface area contributed by atoms with Crippen LogP contribution in [0.25, 0.3) is 11.8 Å². The van der Waals surface area contributed by atoms with Gasteiger partial charge < -0.3 is 9.47 Å². The molecule has 0 saturated carbocycles. The van der Waals surface area contributed by atoms with Crippen LogP contribution in [0.5, 0.6) is 11.5 Å². The lowest BCUT2D eigenvalue weighted by Gasteiger charge is -2.30. The number of halogens is 2. The van der Waals surface area contributed by atoms with Gasteiger partial charge in [-0.05, 0) is 90.1 Å². The Morgan fingerprint density at radius 3 is 2.57 bits per heavy atom. The van der Waals surface area contributed by atoms with E-state index in [-0.39, 0.29) is 11.6 Å². The number of aryl methyl sites for hydroxylation is 1. The number of benzene rings is 4. The minimum atomic E-state index is -0.215. The van der Waals surface area contributed by atoms with E-state index in [4.69, 9.17) is 26.1 Å². The van der Waals surface area contributed by atoms with Crippen LogP contribution in [0.3, 0.4) is 0 Å². The Hall–Kier alpha value is -3.91. The number of allylic oxidation sites excluding steroid dienone is 1. The normalized spacial score (nSPS) is 15.7. The van der Waals surface area contributed by atoms with E-state index in [0.717, 1.165) is 45.3 Å². The van der Waals surface area contributed by atoms with Crippen molar-refractivity contribution in [3.05, 3.63) is 154 Å². The average molecular weight is 684 g/mol. The molecule has 0 fully saturated rings. The van der Waals surface area contributed by atoms with Crippen molar-refractivity contribution < 1.29 is 9.47 Å². The van der Waals surface area contributed by atoms with Gasteiger partial charge in [0.1, 0.15) is 6.61 Å². The summed E-state index contributed by atoms with van der Waals surface area (Å²) in [5.41, 5.74) is 7.52. The SMILES string of the molecule is CCOc1cc(/C=c2\sc3n(c2=O)[C@@H](c2ccc(Br)cc2)C2=C(N=3)c3ccccc3CC2)ccc1OCc1ccc(Cl)cc1. The van der Waals surface area contributed by atoms with E-state index in [2.05, 4.69) is 52.3 Å². The Morgan fingerprint density at radius 2 is 1.77 bits per heavy atom. The van der Waals surface area contributed by atoms with E-state index in [0.29, 0.717) is 39.1 Å². The zero-order chi connectivity index (χ0) is 30.2. The molecule has 2 heterocycles. The molecule has 0 amide bonds. The molecule has 1 aliphatic heterocycles. The molecule has 5 aromatic rings. The van der Waals surface area contributed by atoms with Crippen LogP contribution in [0.4, 0.5) is 0 Å². The average Bonchev–Trinajstić information content (AvgIpc) is 3.35. The number of aromatic nitrogens is 1. The molecule has 0 unspecified atom stereocenters. The third-order valence-corrected chi connectivity index (χ3v) is 9.70. The van der Waals surface area contributed by atoms with Gasteiger partial charge in [0.25, 0.3) is 5.56 Å². The zero-order valence-corrected chi connectivity index (χ0v) is 27.1. The summed E-state index contributed by atoms with van der Waals surface area (Å²) in [5, 5.41) is 0.687. The van der Waals surface area contributed by atoms with Gasteiger partial charge in [0.15, 0.2) is 16.3 Å². The molecule has 2 aliphatic rings. The Bertz CT molecular complexity index is 2080. The molecule has 4 aromatic carbocycles. The lowest BCUT2D eigenvalue weighted by atomic mass is 9.83. The van der Waals surface area contributed by atoms with Crippen molar-refractivity contribution in [3.8, 4) is 11.5 Å². The largest absolute Gasteiger partial charge is 0.490 e. The summed E-state index contributed by atoms with van der Waals surface area (Å²) in [4.78, 5) is 20.0. The molecule has 0 spiro atoms. The number of nitrogens with zero attached hydrogens (tertiary/aromatic N) is 2. The number of hydrogen-bond acceptors (Lipinski definition) is 5. The van der Waals surface area contributed by atoms with Gasteiger partial charge in [-0.25, -0.2) is 4.99 Å². The number of hydrogen-bond donors (Lipinski definition) is 0. The highest BCUT2D eigenvalue weighted by atomic mass is 79.9. The maximum Gasteiger partial charge on any atom is 0.271 e. The molecule has 1 atom stereocenters. The summed E-state index contributed by atoms with van der Waals surface area (Å²) in [6.07, 6.45) is 3.70. The summed E-state index contributed by atoms with van der Waals surface area (Å²) in [6.45, 7) is 2.82. The first-order valence-corrected chi connectivity index (χ1v) is 16.5. The van der Waals surface area contributed by atoms with Gasteiger partial charge in [0.05, 0.1) is 22.9 Å². The minimum absolute atomic E-state index is 0.0481. The van der Waals surface area contributed by atoms with Gasteiger partial charge in [0, 0.05) is 15.1 Å².